The first kappa shape index (κ1) is 9.16. The highest BCUT2D eigenvalue weighted by molar-refractivity contribution is 6.34. The van der Waals surface area contributed by atoms with Crippen LogP contribution in [0.15, 0.2) is 23.0 Å². The van der Waals surface area contributed by atoms with Crippen molar-refractivity contribution >= 4 is 35.0 Å². The lowest BCUT2D eigenvalue weighted by molar-refractivity contribution is 1.22. The van der Waals surface area contributed by atoms with Crippen LogP contribution in [0.4, 0.5) is 0 Å². The van der Waals surface area contributed by atoms with Crippen molar-refractivity contribution < 1.29 is 0 Å². The number of fused-ring (bicyclic) bond motifs is 1. The zero-order chi connectivity index (χ0) is 7.84. The summed E-state index contributed by atoms with van der Waals surface area (Å²) >= 11 is 5.78. The first-order valence-electron chi connectivity index (χ1n) is 3.14. The van der Waals surface area contributed by atoms with E-state index in [-0.39, 0.29) is 18.1 Å². The lowest BCUT2D eigenvalue weighted by Crippen LogP contribution is -1.99. The number of hydrogen-bond acceptors (Lipinski definition) is 1. The van der Waals surface area contributed by atoms with Crippen molar-refractivity contribution in [2.75, 3.05) is 0 Å². The van der Waals surface area contributed by atoms with Crippen LogP contribution in [0.3, 0.4) is 0 Å². The quantitative estimate of drug-likeness (QED) is 0.678. The van der Waals surface area contributed by atoms with E-state index < -0.39 is 0 Å². The molecule has 5 heteroatoms. The van der Waals surface area contributed by atoms with Crippen LogP contribution < -0.4 is 5.69 Å². The van der Waals surface area contributed by atoms with Crippen LogP contribution in [0, 0.1) is 0 Å². The molecule has 1 aromatic carbocycles. The van der Waals surface area contributed by atoms with Gasteiger partial charge >= 0.3 is 5.69 Å². The Labute approximate surface area is 79.2 Å². The molecule has 0 spiro atoms. The number of aromatic nitrogens is 2. The first-order chi connectivity index (χ1) is 5.27. The van der Waals surface area contributed by atoms with E-state index in [1.165, 1.54) is 0 Å². The molecule has 12 heavy (non-hydrogen) atoms. The maximum atomic E-state index is 10.8. The zero-order valence-electron chi connectivity index (χ0n) is 5.93. The zero-order valence-corrected chi connectivity index (χ0v) is 7.50. The predicted octanol–water partition coefficient (Wildman–Crippen LogP) is 1.93. The van der Waals surface area contributed by atoms with E-state index >= 15 is 0 Å². The fourth-order valence-electron chi connectivity index (χ4n) is 1.02. The van der Waals surface area contributed by atoms with Gasteiger partial charge in [-0.1, -0.05) is 17.7 Å². The molecule has 1 aromatic heterocycles. The van der Waals surface area contributed by atoms with E-state index in [4.69, 9.17) is 11.6 Å². The fraction of sp³-hybridized carbons (Fsp3) is 0. The largest absolute Gasteiger partial charge is 0.323 e. The van der Waals surface area contributed by atoms with Crippen molar-refractivity contribution in [2.24, 2.45) is 0 Å². The first-order valence-corrected chi connectivity index (χ1v) is 3.52. The Hall–Kier alpha value is -0.930. The topological polar surface area (TPSA) is 48.6 Å². The summed E-state index contributed by atoms with van der Waals surface area (Å²) in [5.74, 6) is 0. The van der Waals surface area contributed by atoms with Crippen LogP contribution in [-0.4, -0.2) is 9.97 Å². The van der Waals surface area contributed by atoms with Gasteiger partial charge in [-0.05, 0) is 12.1 Å². The number of rotatable bonds is 0. The van der Waals surface area contributed by atoms with Gasteiger partial charge in [0.25, 0.3) is 0 Å². The standard InChI is InChI=1S/C7H5ClN2O.ClH/c8-4-2-1-3-5-6(4)10-7(11)9-5;/h1-3H,(H2,9,10,11);1H. The minimum absolute atomic E-state index is 0. The predicted molar refractivity (Wildman–Crippen MR) is 51.2 cm³/mol. The van der Waals surface area contributed by atoms with E-state index in [0.29, 0.717) is 10.5 Å². The van der Waals surface area contributed by atoms with Crippen LogP contribution in [0.1, 0.15) is 0 Å². The van der Waals surface area contributed by atoms with Crippen molar-refractivity contribution in [3.63, 3.8) is 0 Å². The molecule has 0 aliphatic heterocycles. The van der Waals surface area contributed by atoms with Gasteiger partial charge in [-0.2, -0.15) is 0 Å². The molecule has 0 saturated carbocycles. The molecule has 1 heterocycles. The van der Waals surface area contributed by atoms with Gasteiger partial charge in [0.2, 0.25) is 0 Å². The molecule has 2 aromatic rings. The van der Waals surface area contributed by atoms with Gasteiger partial charge in [0.15, 0.2) is 0 Å². The normalized spacial score (nSPS) is 9.75. The molecule has 0 amide bonds. The molecule has 0 aliphatic carbocycles. The number of benzene rings is 1. The second-order valence-electron chi connectivity index (χ2n) is 2.24. The van der Waals surface area contributed by atoms with E-state index in [2.05, 4.69) is 9.97 Å². The monoisotopic (exact) mass is 204 g/mol. The van der Waals surface area contributed by atoms with Gasteiger partial charge in [-0.3, -0.25) is 0 Å². The number of H-pyrrole nitrogens is 2. The molecule has 64 valence electrons. The SMILES string of the molecule is Cl.O=c1[nH]c2cccc(Cl)c2[nH]1. The molecule has 0 radical (unpaired) electrons. The lowest BCUT2D eigenvalue weighted by atomic mass is 10.3. The Balaban J connectivity index is 0.000000720. The van der Waals surface area contributed by atoms with Gasteiger partial charge in [-0.25, -0.2) is 4.79 Å². The van der Waals surface area contributed by atoms with Gasteiger partial charge in [0, 0.05) is 0 Å². The van der Waals surface area contributed by atoms with Crippen LogP contribution in [-0.2, 0) is 0 Å². The van der Waals surface area contributed by atoms with E-state index in [1.54, 1.807) is 18.2 Å². The van der Waals surface area contributed by atoms with Crippen molar-refractivity contribution in [3.05, 3.63) is 33.7 Å². The highest BCUT2D eigenvalue weighted by atomic mass is 35.5. The van der Waals surface area contributed by atoms with Crippen LogP contribution in [0.25, 0.3) is 11.0 Å². The summed E-state index contributed by atoms with van der Waals surface area (Å²) in [6, 6.07) is 5.31. The maximum Gasteiger partial charge on any atom is 0.323 e. The average Bonchev–Trinajstić information content (AvgIpc) is 2.31. The van der Waals surface area contributed by atoms with Crippen LogP contribution >= 0.6 is 24.0 Å². The molecule has 0 aliphatic rings. The molecule has 0 saturated heterocycles. The summed E-state index contributed by atoms with van der Waals surface area (Å²) in [6.45, 7) is 0. The van der Waals surface area contributed by atoms with Gasteiger partial charge in [0.1, 0.15) is 0 Å². The third kappa shape index (κ3) is 1.33. The number of aromatic amines is 2. The Bertz CT molecular complexity index is 446. The molecule has 0 unspecified atom stereocenters. The van der Waals surface area contributed by atoms with Crippen molar-refractivity contribution in [1.82, 2.24) is 9.97 Å². The number of para-hydroxylation sites is 1. The van der Waals surface area contributed by atoms with Crippen molar-refractivity contribution in [3.8, 4) is 0 Å². The Morgan fingerprint density at radius 3 is 2.67 bits per heavy atom. The molecule has 0 bridgehead atoms. The highest BCUT2D eigenvalue weighted by Gasteiger charge is 1.99. The number of nitrogens with one attached hydrogen (secondary N) is 2. The molecule has 2 rings (SSSR count). The summed E-state index contributed by atoms with van der Waals surface area (Å²) in [5, 5.41) is 0.556. The third-order valence-electron chi connectivity index (χ3n) is 1.50. The Morgan fingerprint density at radius 1 is 1.25 bits per heavy atom. The van der Waals surface area contributed by atoms with Crippen molar-refractivity contribution in [1.29, 1.82) is 0 Å². The summed E-state index contributed by atoms with van der Waals surface area (Å²) in [6.07, 6.45) is 0. The summed E-state index contributed by atoms with van der Waals surface area (Å²) < 4.78 is 0. The molecular formula is C7H6Cl2N2O. The highest BCUT2D eigenvalue weighted by Crippen LogP contribution is 2.17. The third-order valence-corrected chi connectivity index (χ3v) is 1.82. The van der Waals surface area contributed by atoms with Gasteiger partial charge < -0.3 is 9.97 Å². The summed E-state index contributed by atoms with van der Waals surface area (Å²) in [5.41, 5.74) is 1.18. The number of hydrogen-bond donors (Lipinski definition) is 2. The average molecular weight is 205 g/mol. The van der Waals surface area contributed by atoms with Crippen molar-refractivity contribution in [2.45, 2.75) is 0 Å². The Morgan fingerprint density at radius 2 is 2.00 bits per heavy atom. The number of halogens is 2. The van der Waals surface area contributed by atoms with E-state index in [9.17, 15) is 4.79 Å². The number of imidazole rings is 1. The van der Waals surface area contributed by atoms with E-state index in [1.807, 2.05) is 0 Å². The second kappa shape index (κ2) is 3.21. The molecule has 2 N–H and O–H groups in total. The molecule has 3 nitrogen and oxygen atoms in total. The summed E-state index contributed by atoms with van der Waals surface area (Å²) in [7, 11) is 0. The maximum absolute atomic E-state index is 10.8. The fourth-order valence-corrected chi connectivity index (χ4v) is 1.24. The molecular weight excluding hydrogens is 199 g/mol. The lowest BCUT2D eigenvalue weighted by Gasteiger charge is -1.88. The molecule has 0 atom stereocenters. The van der Waals surface area contributed by atoms with Gasteiger partial charge in [-0.15, -0.1) is 12.4 Å². The van der Waals surface area contributed by atoms with Crippen LogP contribution in [0.5, 0.6) is 0 Å². The van der Waals surface area contributed by atoms with E-state index in [0.717, 1.165) is 5.52 Å². The minimum Gasteiger partial charge on any atom is -0.306 e. The Kier molecular flexibility index (Phi) is 2.45. The molecule has 0 fully saturated rings. The van der Waals surface area contributed by atoms with Gasteiger partial charge in [0.05, 0.1) is 16.1 Å². The smallest absolute Gasteiger partial charge is 0.306 e. The minimum atomic E-state index is -0.229. The second-order valence-corrected chi connectivity index (χ2v) is 2.65. The summed E-state index contributed by atoms with van der Waals surface area (Å²) in [4.78, 5) is 16.0. The van der Waals surface area contributed by atoms with Crippen LogP contribution in [0.2, 0.25) is 5.02 Å².